The predicted octanol–water partition coefficient (Wildman–Crippen LogP) is 1.53. The van der Waals surface area contributed by atoms with Crippen LogP contribution in [0.15, 0.2) is 12.1 Å². The first kappa shape index (κ1) is 17.6. The maximum absolute atomic E-state index is 13.5. The summed E-state index contributed by atoms with van der Waals surface area (Å²) in [5.74, 6) is -3.99. The van der Waals surface area contributed by atoms with E-state index in [1.165, 1.54) is 0 Å². The van der Waals surface area contributed by atoms with Crippen LogP contribution >= 0.6 is 0 Å². The van der Waals surface area contributed by atoms with Crippen molar-refractivity contribution in [3.05, 3.63) is 35.1 Å². The number of hydrogen-bond acceptors (Lipinski definition) is 3. The van der Waals surface area contributed by atoms with Crippen LogP contribution in [0.2, 0.25) is 0 Å². The van der Waals surface area contributed by atoms with Crippen molar-refractivity contribution in [3.8, 4) is 0 Å². The molecule has 3 N–H and O–H groups in total. The number of nitrogens with zero attached hydrogens (tertiary/aromatic N) is 1. The van der Waals surface area contributed by atoms with Gasteiger partial charge in [0.2, 0.25) is 0 Å². The highest BCUT2D eigenvalue weighted by molar-refractivity contribution is 5.74. The van der Waals surface area contributed by atoms with Crippen molar-refractivity contribution in [2.45, 2.75) is 25.4 Å². The summed E-state index contributed by atoms with van der Waals surface area (Å²) in [5, 5.41) is 13.9. The topological polar surface area (TPSA) is 64.6 Å². The molecule has 0 radical (unpaired) electrons. The lowest BCUT2D eigenvalue weighted by molar-refractivity contribution is 0.218. The fraction of sp³-hybridized carbons (Fsp3) is 0.533. The van der Waals surface area contributed by atoms with E-state index in [1.807, 2.05) is 11.8 Å². The number of amides is 2. The second kappa shape index (κ2) is 7.65. The number of urea groups is 1. The van der Waals surface area contributed by atoms with Gasteiger partial charge in [-0.1, -0.05) is 6.92 Å². The molecule has 2 rings (SSSR count). The summed E-state index contributed by atoms with van der Waals surface area (Å²) < 4.78 is 40.2. The molecule has 2 atom stereocenters. The maximum Gasteiger partial charge on any atom is 0.315 e. The molecule has 1 saturated heterocycles. The van der Waals surface area contributed by atoms with Gasteiger partial charge in [-0.3, -0.25) is 4.90 Å². The Hall–Kier alpha value is -1.80. The van der Waals surface area contributed by atoms with Gasteiger partial charge in [-0.25, -0.2) is 18.0 Å². The van der Waals surface area contributed by atoms with E-state index >= 15 is 0 Å². The zero-order valence-electron chi connectivity index (χ0n) is 12.8. The Morgan fingerprint density at radius 3 is 2.57 bits per heavy atom. The summed E-state index contributed by atoms with van der Waals surface area (Å²) in [6, 6.07) is 0.673. The van der Waals surface area contributed by atoms with Crippen molar-refractivity contribution >= 4 is 6.03 Å². The van der Waals surface area contributed by atoms with Crippen molar-refractivity contribution in [1.29, 1.82) is 0 Å². The van der Waals surface area contributed by atoms with Gasteiger partial charge in [0.1, 0.15) is 0 Å². The van der Waals surface area contributed by atoms with Gasteiger partial charge < -0.3 is 15.7 Å². The van der Waals surface area contributed by atoms with Crippen LogP contribution in [0.1, 0.15) is 24.9 Å². The number of halogens is 3. The SMILES string of the molecule is CCN1CCC(NC(=O)NCCO)C1c1cc(F)c(F)c(F)c1. The molecule has 2 unspecified atom stereocenters. The van der Waals surface area contributed by atoms with E-state index in [-0.39, 0.29) is 24.8 Å². The highest BCUT2D eigenvalue weighted by atomic mass is 19.2. The number of carbonyl (C=O) groups excluding carboxylic acids is 1. The molecule has 1 aromatic rings. The third kappa shape index (κ3) is 3.94. The van der Waals surface area contributed by atoms with Crippen molar-refractivity contribution in [2.24, 2.45) is 0 Å². The lowest BCUT2D eigenvalue weighted by Crippen LogP contribution is -2.45. The molecule has 1 fully saturated rings. The zero-order chi connectivity index (χ0) is 17.0. The molecule has 0 aromatic heterocycles. The van der Waals surface area contributed by atoms with E-state index in [9.17, 15) is 18.0 Å². The van der Waals surface area contributed by atoms with Gasteiger partial charge in [-0.2, -0.15) is 0 Å². The summed E-state index contributed by atoms with van der Waals surface area (Å²) in [7, 11) is 0. The van der Waals surface area contributed by atoms with Crippen molar-refractivity contribution in [3.63, 3.8) is 0 Å². The van der Waals surface area contributed by atoms with Crippen LogP contribution in [0.3, 0.4) is 0 Å². The number of rotatable bonds is 5. The molecule has 1 aliphatic rings. The molecule has 1 aliphatic heterocycles. The largest absolute Gasteiger partial charge is 0.395 e. The number of nitrogens with one attached hydrogen (secondary N) is 2. The molecule has 2 amide bonds. The van der Waals surface area contributed by atoms with Gasteiger partial charge in [0, 0.05) is 13.1 Å². The summed E-state index contributed by atoms with van der Waals surface area (Å²) in [6.07, 6.45) is 0.603. The van der Waals surface area contributed by atoms with E-state index in [1.54, 1.807) is 0 Å². The predicted molar refractivity (Wildman–Crippen MR) is 78.3 cm³/mol. The van der Waals surface area contributed by atoms with Gasteiger partial charge >= 0.3 is 6.03 Å². The van der Waals surface area contributed by atoms with Crippen LogP contribution in [0.4, 0.5) is 18.0 Å². The molecule has 5 nitrogen and oxygen atoms in total. The molecule has 1 heterocycles. The minimum Gasteiger partial charge on any atom is -0.395 e. The number of likely N-dealkylation sites (N-methyl/N-ethyl adjacent to an activating group) is 1. The van der Waals surface area contributed by atoms with Crippen LogP contribution in [-0.4, -0.2) is 48.3 Å². The molecular formula is C15H20F3N3O2. The lowest BCUT2D eigenvalue weighted by atomic mass is 9.99. The van der Waals surface area contributed by atoms with Gasteiger partial charge in [-0.05, 0) is 30.7 Å². The fourth-order valence-electron chi connectivity index (χ4n) is 2.94. The molecule has 23 heavy (non-hydrogen) atoms. The molecule has 0 bridgehead atoms. The Morgan fingerprint density at radius 2 is 2.00 bits per heavy atom. The van der Waals surface area contributed by atoms with Crippen LogP contribution in [-0.2, 0) is 0 Å². The van der Waals surface area contributed by atoms with E-state index in [4.69, 9.17) is 5.11 Å². The second-order valence-corrected chi connectivity index (χ2v) is 5.39. The Bertz CT molecular complexity index is 548. The van der Waals surface area contributed by atoms with Crippen LogP contribution in [0.5, 0.6) is 0 Å². The Kier molecular flexibility index (Phi) is 5.84. The normalized spacial score (nSPS) is 21.4. The number of hydrogen-bond donors (Lipinski definition) is 3. The lowest BCUT2D eigenvalue weighted by Gasteiger charge is -2.28. The van der Waals surface area contributed by atoms with Crippen molar-refractivity contribution < 1.29 is 23.1 Å². The summed E-state index contributed by atoms with van der Waals surface area (Å²) in [4.78, 5) is 13.7. The van der Waals surface area contributed by atoms with Crippen LogP contribution in [0.25, 0.3) is 0 Å². The molecular weight excluding hydrogens is 311 g/mol. The molecule has 0 spiro atoms. The standard InChI is InChI=1S/C15H20F3N3O2/c1-2-21-5-3-12(20-15(23)19-4-6-22)14(21)9-7-10(16)13(18)11(17)8-9/h7-8,12,14,22H,2-6H2,1H3,(H2,19,20,23). The smallest absolute Gasteiger partial charge is 0.315 e. The molecule has 1 aromatic carbocycles. The number of aliphatic hydroxyl groups excluding tert-OH is 1. The monoisotopic (exact) mass is 331 g/mol. The first-order valence-corrected chi connectivity index (χ1v) is 7.51. The Morgan fingerprint density at radius 1 is 1.35 bits per heavy atom. The summed E-state index contributed by atoms with van der Waals surface area (Å²) >= 11 is 0. The zero-order valence-corrected chi connectivity index (χ0v) is 12.8. The number of likely N-dealkylation sites (tertiary alicyclic amines) is 1. The minimum absolute atomic E-state index is 0.112. The second-order valence-electron chi connectivity index (χ2n) is 5.39. The Balaban J connectivity index is 2.22. The third-order valence-electron chi connectivity index (χ3n) is 3.97. The van der Waals surface area contributed by atoms with Crippen LogP contribution in [0, 0.1) is 17.5 Å². The highest BCUT2D eigenvalue weighted by Gasteiger charge is 2.36. The van der Waals surface area contributed by atoms with E-state index in [0.717, 1.165) is 12.1 Å². The van der Waals surface area contributed by atoms with E-state index in [0.29, 0.717) is 19.5 Å². The molecule has 0 aliphatic carbocycles. The summed E-state index contributed by atoms with van der Waals surface area (Å²) in [6.45, 7) is 3.10. The average molecular weight is 331 g/mol. The van der Waals surface area contributed by atoms with Gasteiger partial charge in [0.25, 0.3) is 0 Å². The third-order valence-corrected chi connectivity index (χ3v) is 3.97. The number of benzene rings is 1. The average Bonchev–Trinajstić information content (AvgIpc) is 2.92. The maximum atomic E-state index is 13.5. The van der Waals surface area contributed by atoms with Gasteiger partial charge in [0.15, 0.2) is 17.5 Å². The van der Waals surface area contributed by atoms with Gasteiger partial charge in [0.05, 0.1) is 18.7 Å². The minimum atomic E-state index is -1.50. The molecule has 0 saturated carbocycles. The first-order chi connectivity index (χ1) is 11.0. The first-order valence-electron chi connectivity index (χ1n) is 7.51. The number of carbonyl (C=O) groups is 1. The fourth-order valence-corrected chi connectivity index (χ4v) is 2.94. The summed E-state index contributed by atoms with van der Waals surface area (Å²) in [5.41, 5.74) is 0.285. The number of aliphatic hydroxyl groups is 1. The Labute approximate surface area is 132 Å². The quantitative estimate of drug-likeness (QED) is 0.717. The van der Waals surface area contributed by atoms with Crippen LogP contribution < -0.4 is 10.6 Å². The highest BCUT2D eigenvalue weighted by Crippen LogP contribution is 2.33. The van der Waals surface area contributed by atoms with Crippen molar-refractivity contribution in [2.75, 3.05) is 26.2 Å². The van der Waals surface area contributed by atoms with Crippen molar-refractivity contribution in [1.82, 2.24) is 15.5 Å². The van der Waals surface area contributed by atoms with Gasteiger partial charge in [-0.15, -0.1) is 0 Å². The molecule has 128 valence electrons. The van der Waals surface area contributed by atoms with E-state index < -0.39 is 29.5 Å². The molecule has 8 heteroatoms. The van der Waals surface area contributed by atoms with E-state index in [2.05, 4.69) is 10.6 Å².